The maximum absolute atomic E-state index is 10.7. The van der Waals surface area contributed by atoms with Crippen molar-refractivity contribution < 1.29 is 5.11 Å². The molecule has 2 rings (SSSR count). The van der Waals surface area contributed by atoms with Crippen molar-refractivity contribution in [1.82, 2.24) is 5.32 Å². The monoisotopic (exact) mass is 239 g/mol. The van der Waals surface area contributed by atoms with E-state index in [4.69, 9.17) is 11.6 Å². The summed E-state index contributed by atoms with van der Waals surface area (Å²) in [6, 6.07) is 7.56. The molecule has 0 amide bonds. The molecule has 2 unspecified atom stereocenters. The Morgan fingerprint density at radius 2 is 2.19 bits per heavy atom. The Morgan fingerprint density at radius 3 is 2.81 bits per heavy atom. The zero-order valence-corrected chi connectivity index (χ0v) is 10.3. The molecule has 2 nitrogen and oxygen atoms in total. The first-order valence-electron chi connectivity index (χ1n) is 5.80. The second kappa shape index (κ2) is 4.74. The largest absolute Gasteiger partial charge is 0.385 e. The summed E-state index contributed by atoms with van der Waals surface area (Å²) >= 11 is 6.15. The first kappa shape index (κ1) is 11.9. The lowest BCUT2D eigenvalue weighted by Gasteiger charge is -2.36. The van der Waals surface area contributed by atoms with Gasteiger partial charge in [-0.1, -0.05) is 29.8 Å². The summed E-state index contributed by atoms with van der Waals surface area (Å²) in [7, 11) is 0. The van der Waals surface area contributed by atoms with Crippen LogP contribution < -0.4 is 5.32 Å². The number of hydrogen-bond donors (Lipinski definition) is 2. The highest BCUT2D eigenvalue weighted by Crippen LogP contribution is 2.36. The summed E-state index contributed by atoms with van der Waals surface area (Å²) in [4.78, 5) is 0. The van der Waals surface area contributed by atoms with E-state index in [9.17, 15) is 5.11 Å². The molecule has 1 aliphatic rings. The third kappa shape index (κ3) is 2.24. The Hall–Kier alpha value is -0.570. The quantitative estimate of drug-likeness (QED) is 0.832. The van der Waals surface area contributed by atoms with Gasteiger partial charge < -0.3 is 10.4 Å². The Bertz CT molecular complexity index is 359. The second-order valence-corrected chi connectivity index (χ2v) is 5.08. The minimum atomic E-state index is -0.842. The van der Waals surface area contributed by atoms with Gasteiger partial charge in [0, 0.05) is 23.0 Å². The van der Waals surface area contributed by atoms with E-state index in [1.165, 1.54) is 0 Å². The Balaban J connectivity index is 2.26. The van der Waals surface area contributed by atoms with Gasteiger partial charge in [0.2, 0.25) is 0 Å². The molecule has 0 spiro atoms. The molecule has 1 aliphatic heterocycles. The van der Waals surface area contributed by atoms with E-state index in [0.717, 1.165) is 31.5 Å². The van der Waals surface area contributed by atoms with E-state index in [0.29, 0.717) is 5.02 Å². The average molecular weight is 240 g/mol. The van der Waals surface area contributed by atoms with E-state index >= 15 is 0 Å². The Morgan fingerprint density at radius 1 is 1.44 bits per heavy atom. The summed E-state index contributed by atoms with van der Waals surface area (Å²) < 4.78 is 0. The molecular weight excluding hydrogens is 222 g/mol. The maximum atomic E-state index is 10.7. The molecule has 0 radical (unpaired) electrons. The minimum Gasteiger partial charge on any atom is -0.385 e. The van der Waals surface area contributed by atoms with Gasteiger partial charge in [-0.25, -0.2) is 0 Å². The zero-order chi connectivity index (χ0) is 11.6. The summed E-state index contributed by atoms with van der Waals surface area (Å²) in [5.41, 5.74) is -0.00320. The van der Waals surface area contributed by atoms with Crippen molar-refractivity contribution in [2.24, 2.45) is 5.92 Å². The van der Waals surface area contributed by atoms with Crippen LogP contribution in [0.15, 0.2) is 24.3 Å². The van der Waals surface area contributed by atoms with E-state index in [1.807, 2.05) is 31.2 Å². The normalized spacial score (nSPS) is 25.1. The van der Waals surface area contributed by atoms with Gasteiger partial charge in [-0.2, -0.15) is 0 Å². The number of nitrogens with one attached hydrogen (secondary N) is 1. The molecule has 1 fully saturated rings. The summed E-state index contributed by atoms with van der Waals surface area (Å²) in [5, 5.41) is 14.6. The highest BCUT2D eigenvalue weighted by atomic mass is 35.5. The highest BCUT2D eigenvalue weighted by Gasteiger charge is 2.35. The summed E-state index contributed by atoms with van der Waals surface area (Å²) in [5.74, 6) is 0.237. The SMILES string of the molecule is CC(O)(c1ccccc1Cl)C1CCCNC1. The van der Waals surface area contributed by atoms with Crippen LogP contribution in [0, 0.1) is 5.92 Å². The fraction of sp³-hybridized carbons (Fsp3) is 0.538. The van der Waals surface area contributed by atoms with Crippen LogP contribution in [0.25, 0.3) is 0 Å². The topological polar surface area (TPSA) is 32.3 Å². The predicted molar refractivity (Wildman–Crippen MR) is 66.6 cm³/mol. The van der Waals surface area contributed by atoms with Crippen molar-refractivity contribution in [3.63, 3.8) is 0 Å². The van der Waals surface area contributed by atoms with Crippen molar-refractivity contribution in [2.45, 2.75) is 25.4 Å². The molecule has 1 aromatic carbocycles. The number of benzene rings is 1. The average Bonchev–Trinajstić information content (AvgIpc) is 2.30. The number of aliphatic hydroxyl groups is 1. The van der Waals surface area contributed by atoms with Gasteiger partial charge in [0.1, 0.15) is 0 Å². The van der Waals surface area contributed by atoms with E-state index in [1.54, 1.807) is 0 Å². The lowest BCUT2D eigenvalue weighted by molar-refractivity contribution is -0.0155. The Labute approximate surface area is 102 Å². The van der Waals surface area contributed by atoms with Crippen LogP contribution in [-0.4, -0.2) is 18.2 Å². The zero-order valence-electron chi connectivity index (χ0n) is 9.54. The number of rotatable bonds is 2. The minimum absolute atomic E-state index is 0.237. The number of hydrogen-bond acceptors (Lipinski definition) is 2. The van der Waals surface area contributed by atoms with Crippen LogP contribution in [0.3, 0.4) is 0 Å². The second-order valence-electron chi connectivity index (χ2n) is 4.67. The van der Waals surface area contributed by atoms with Crippen LogP contribution in [-0.2, 0) is 5.60 Å². The van der Waals surface area contributed by atoms with E-state index < -0.39 is 5.60 Å². The molecule has 0 saturated carbocycles. The van der Waals surface area contributed by atoms with Crippen molar-refractivity contribution in [3.05, 3.63) is 34.9 Å². The number of piperidine rings is 1. The molecule has 3 heteroatoms. The molecule has 16 heavy (non-hydrogen) atoms. The first-order chi connectivity index (χ1) is 7.62. The Kier molecular flexibility index (Phi) is 3.53. The molecule has 0 aromatic heterocycles. The van der Waals surface area contributed by atoms with Crippen molar-refractivity contribution in [2.75, 3.05) is 13.1 Å². The van der Waals surface area contributed by atoms with Gasteiger partial charge in [0.05, 0.1) is 5.60 Å². The van der Waals surface area contributed by atoms with Gasteiger partial charge in [0.15, 0.2) is 0 Å². The molecule has 2 N–H and O–H groups in total. The van der Waals surface area contributed by atoms with Gasteiger partial charge in [-0.05, 0) is 32.4 Å². The lowest BCUT2D eigenvalue weighted by Crippen LogP contribution is -2.42. The molecular formula is C13H18ClNO. The molecule has 1 aromatic rings. The van der Waals surface area contributed by atoms with Crippen LogP contribution in [0.4, 0.5) is 0 Å². The van der Waals surface area contributed by atoms with Crippen molar-refractivity contribution >= 4 is 11.6 Å². The molecule has 1 saturated heterocycles. The smallest absolute Gasteiger partial charge is 0.0923 e. The van der Waals surface area contributed by atoms with Gasteiger partial charge in [-0.3, -0.25) is 0 Å². The third-order valence-electron chi connectivity index (χ3n) is 3.51. The van der Waals surface area contributed by atoms with Crippen LogP contribution in [0.5, 0.6) is 0 Å². The fourth-order valence-electron chi connectivity index (χ4n) is 2.42. The third-order valence-corrected chi connectivity index (χ3v) is 3.84. The highest BCUT2D eigenvalue weighted by molar-refractivity contribution is 6.31. The van der Waals surface area contributed by atoms with Gasteiger partial charge in [-0.15, -0.1) is 0 Å². The van der Waals surface area contributed by atoms with Crippen LogP contribution >= 0.6 is 11.6 Å². The first-order valence-corrected chi connectivity index (χ1v) is 6.18. The van der Waals surface area contributed by atoms with Gasteiger partial charge in [0.25, 0.3) is 0 Å². The molecule has 0 bridgehead atoms. The molecule has 1 heterocycles. The standard InChI is InChI=1S/C13H18ClNO/c1-13(16,10-5-4-8-15-9-10)11-6-2-3-7-12(11)14/h2-3,6-7,10,15-16H,4-5,8-9H2,1H3. The van der Waals surface area contributed by atoms with Crippen LogP contribution in [0.1, 0.15) is 25.3 Å². The van der Waals surface area contributed by atoms with Crippen LogP contribution in [0.2, 0.25) is 5.02 Å². The van der Waals surface area contributed by atoms with Crippen molar-refractivity contribution in [1.29, 1.82) is 0 Å². The number of halogens is 1. The molecule has 2 atom stereocenters. The maximum Gasteiger partial charge on any atom is 0.0923 e. The summed E-state index contributed by atoms with van der Waals surface area (Å²) in [6.07, 6.45) is 2.16. The molecule has 0 aliphatic carbocycles. The van der Waals surface area contributed by atoms with Gasteiger partial charge >= 0.3 is 0 Å². The van der Waals surface area contributed by atoms with E-state index in [-0.39, 0.29) is 5.92 Å². The lowest BCUT2D eigenvalue weighted by atomic mass is 9.79. The fourth-order valence-corrected chi connectivity index (χ4v) is 2.75. The molecule has 88 valence electrons. The van der Waals surface area contributed by atoms with E-state index in [2.05, 4.69) is 5.32 Å². The predicted octanol–water partition coefficient (Wildman–Crippen LogP) is 2.55. The summed E-state index contributed by atoms with van der Waals surface area (Å²) in [6.45, 7) is 3.78. The van der Waals surface area contributed by atoms with Crippen molar-refractivity contribution in [3.8, 4) is 0 Å².